The highest BCUT2D eigenvalue weighted by Gasteiger charge is 2.21. The van der Waals surface area contributed by atoms with Crippen molar-refractivity contribution in [2.45, 2.75) is 59.9 Å². The first-order valence-electron chi connectivity index (χ1n) is 7.28. The maximum absolute atomic E-state index is 5.74. The molecule has 0 radical (unpaired) electrons. The van der Waals surface area contributed by atoms with Crippen molar-refractivity contribution in [1.82, 2.24) is 15.2 Å². The predicted octanol–water partition coefficient (Wildman–Crippen LogP) is 3.33. The van der Waals surface area contributed by atoms with Gasteiger partial charge in [-0.15, -0.1) is 0 Å². The van der Waals surface area contributed by atoms with Gasteiger partial charge < -0.3 is 0 Å². The average molecular weight is 345 g/mol. The van der Waals surface area contributed by atoms with Gasteiger partial charge in [0, 0.05) is 19.5 Å². The number of nitrogens with zero attached hydrogens (tertiary/aromatic N) is 2. The first kappa shape index (κ1) is 17.7. The van der Waals surface area contributed by atoms with Crippen LogP contribution in [0.4, 0.5) is 0 Å². The minimum absolute atomic E-state index is 0.276. The molecule has 116 valence electrons. The van der Waals surface area contributed by atoms with E-state index in [9.17, 15) is 0 Å². The van der Waals surface area contributed by atoms with E-state index in [0.717, 1.165) is 23.0 Å². The van der Waals surface area contributed by atoms with Crippen molar-refractivity contribution in [2.75, 3.05) is 0 Å². The third-order valence-corrected chi connectivity index (χ3v) is 4.62. The third kappa shape index (κ3) is 5.19. The lowest BCUT2D eigenvalue weighted by molar-refractivity contribution is 0.273. The quantitative estimate of drug-likeness (QED) is 0.614. The molecule has 0 saturated carbocycles. The van der Waals surface area contributed by atoms with Crippen LogP contribution in [0, 0.1) is 18.3 Å². The summed E-state index contributed by atoms with van der Waals surface area (Å²) in [4.78, 5) is 0. The van der Waals surface area contributed by atoms with Crippen LogP contribution in [0.15, 0.2) is 4.47 Å². The van der Waals surface area contributed by atoms with Gasteiger partial charge in [0.25, 0.3) is 0 Å². The van der Waals surface area contributed by atoms with Crippen LogP contribution in [-0.2, 0) is 13.5 Å². The Kier molecular flexibility index (Phi) is 6.23. The van der Waals surface area contributed by atoms with E-state index in [2.05, 4.69) is 54.1 Å². The summed E-state index contributed by atoms with van der Waals surface area (Å²) < 4.78 is 3.04. The Morgan fingerprint density at radius 1 is 1.40 bits per heavy atom. The maximum Gasteiger partial charge on any atom is 0.0738 e. The topological polar surface area (TPSA) is 55.9 Å². The molecule has 0 aromatic carbocycles. The fourth-order valence-corrected chi connectivity index (χ4v) is 3.46. The first-order chi connectivity index (χ1) is 9.14. The van der Waals surface area contributed by atoms with Gasteiger partial charge in [-0.25, -0.2) is 0 Å². The molecule has 1 aromatic rings. The molecule has 2 atom stereocenters. The lowest BCUT2D eigenvalue weighted by Crippen LogP contribution is -2.38. The smallest absolute Gasteiger partial charge is 0.0738 e. The molecule has 0 aliphatic carbocycles. The van der Waals surface area contributed by atoms with Crippen LogP contribution in [0.1, 0.15) is 51.9 Å². The van der Waals surface area contributed by atoms with Crippen molar-refractivity contribution in [3.8, 4) is 0 Å². The Morgan fingerprint density at radius 3 is 2.40 bits per heavy atom. The second-order valence-electron chi connectivity index (χ2n) is 7.14. The third-order valence-electron chi connectivity index (χ3n) is 3.58. The minimum atomic E-state index is 0.276. The van der Waals surface area contributed by atoms with E-state index >= 15 is 0 Å². The Hall–Kier alpha value is -0.390. The molecule has 1 heterocycles. The number of aryl methyl sites for hydroxylation is 2. The van der Waals surface area contributed by atoms with Crippen LogP contribution in [0.3, 0.4) is 0 Å². The lowest BCUT2D eigenvalue weighted by Gasteiger charge is -2.26. The summed E-state index contributed by atoms with van der Waals surface area (Å²) in [6.07, 6.45) is 3.17. The molecule has 0 bridgehead atoms. The molecular formula is C15H29BrN4. The van der Waals surface area contributed by atoms with Crippen LogP contribution < -0.4 is 11.3 Å². The zero-order valence-electron chi connectivity index (χ0n) is 13.6. The number of rotatable bonds is 6. The Bertz CT molecular complexity index is 434. The van der Waals surface area contributed by atoms with Crippen LogP contribution >= 0.6 is 15.9 Å². The van der Waals surface area contributed by atoms with E-state index in [1.54, 1.807) is 0 Å². The molecule has 0 spiro atoms. The molecule has 4 nitrogen and oxygen atoms in total. The van der Waals surface area contributed by atoms with Gasteiger partial charge >= 0.3 is 0 Å². The number of nitrogens with one attached hydrogen (secondary N) is 1. The van der Waals surface area contributed by atoms with Crippen LogP contribution in [-0.4, -0.2) is 15.8 Å². The van der Waals surface area contributed by atoms with E-state index in [1.165, 1.54) is 12.1 Å². The zero-order chi connectivity index (χ0) is 15.5. The molecule has 0 fully saturated rings. The Morgan fingerprint density at radius 2 is 2.00 bits per heavy atom. The summed E-state index contributed by atoms with van der Waals surface area (Å²) in [6.45, 7) is 11.2. The monoisotopic (exact) mass is 344 g/mol. The first-order valence-corrected chi connectivity index (χ1v) is 8.07. The molecule has 0 amide bonds. The highest BCUT2D eigenvalue weighted by molar-refractivity contribution is 9.10. The summed E-state index contributed by atoms with van der Waals surface area (Å²) in [6, 6.07) is 0.276. The van der Waals surface area contributed by atoms with Gasteiger partial charge in [0.15, 0.2) is 0 Å². The van der Waals surface area contributed by atoms with Gasteiger partial charge in [-0.05, 0) is 47.0 Å². The number of halogens is 1. The van der Waals surface area contributed by atoms with Gasteiger partial charge in [0.1, 0.15) is 0 Å². The lowest BCUT2D eigenvalue weighted by atomic mass is 9.82. The summed E-state index contributed by atoms with van der Waals surface area (Å²) in [5, 5.41) is 4.44. The van der Waals surface area contributed by atoms with Crippen LogP contribution in [0.2, 0.25) is 0 Å². The van der Waals surface area contributed by atoms with E-state index in [-0.39, 0.29) is 6.04 Å². The van der Waals surface area contributed by atoms with Crippen molar-refractivity contribution in [1.29, 1.82) is 0 Å². The number of hydrazine groups is 1. The zero-order valence-corrected chi connectivity index (χ0v) is 15.2. The van der Waals surface area contributed by atoms with Crippen molar-refractivity contribution in [2.24, 2.45) is 24.2 Å². The van der Waals surface area contributed by atoms with Gasteiger partial charge in [0.2, 0.25) is 0 Å². The average Bonchev–Trinajstić information content (AvgIpc) is 2.52. The van der Waals surface area contributed by atoms with Crippen molar-refractivity contribution < 1.29 is 0 Å². The molecule has 20 heavy (non-hydrogen) atoms. The van der Waals surface area contributed by atoms with Gasteiger partial charge in [-0.2, -0.15) is 5.10 Å². The van der Waals surface area contributed by atoms with E-state index in [0.29, 0.717) is 11.3 Å². The predicted molar refractivity (Wildman–Crippen MR) is 88.3 cm³/mol. The highest BCUT2D eigenvalue weighted by Crippen LogP contribution is 2.28. The molecule has 0 aliphatic rings. The minimum Gasteiger partial charge on any atom is -0.271 e. The standard InChI is InChI=1S/C15H29BrN4/c1-10(9-15(3,4)5)7-12(18-17)8-13-14(16)11(2)19-20(13)6/h10,12,18H,7-9,17H2,1-6H3. The second kappa shape index (κ2) is 7.05. The molecule has 1 rings (SSSR count). The number of aromatic nitrogens is 2. The maximum atomic E-state index is 5.74. The number of nitrogens with two attached hydrogens (primary N) is 1. The Balaban J connectivity index is 2.68. The molecule has 5 heteroatoms. The molecule has 1 aromatic heterocycles. The van der Waals surface area contributed by atoms with Crippen molar-refractivity contribution in [3.05, 3.63) is 15.9 Å². The molecule has 2 unspecified atom stereocenters. The SMILES string of the molecule is Cc1nn(C)c(CC(CC(C)CC(C)(C)C)NN)c1Br. The molecule has 3 N–H and O–H groups in total. The normalized spacial score (nSPS) is 15.4. The van der Waals surface area contributed by atoms with E-state index in [4.69, 9.17) is 5.84 Å². The number of hydrogen-bond donors (Lipinski definition) is 2. The van der Waals surface area contributed by atoms with E-state index in [1.807, 2.05) is 18.7 Å². The fraction of sp³-hybridized carbons (Fsp3) is 0.800. The molecular weight excluding hydrogens is 316 g/mol. The van der Waals surface area contributed by atoms with Crippen LogP contribution in [0.5, 0.6) is 0 Å². The van der Waals surface area contributed by atoms with Gasteiger partial charge in [-0.3, -0.25) is 16.0 Å². The summed E-state index contributed by atoms with van der Waals surface area (Å²) in [5.41, 5.74) is 5.56. The van der Waals surface area contributed by atoms with Gasteiger partial charge in [0.05, 0.1) is 15.9 Å². The summed E-state index contributed by atoms with van der Waals surface area (Å²) in [5.74, 6) is 6.39. The molecule has 0 saturated heterocycles. The summed E-state index contributed by atoms with van der Waals surface area (Å²) in [7, 11) is 1.99. The van der Waals surface area contributed by atoms with Crippen molar-refractivity contribution in [3.63, 3.8) is 0 Å². The molecule has 0 aliphatic heterocycles. The van der Waals surface area contributed by atoms with Crippen molar-refractivity contribution >= 4 is 15.9 Å². The Labute approximate surface area is 131 Å². The highest BCUT2D eigenvalue weighted by atomic mass is 79.9. The summed E-state index contributed by atoms with van der Waals surface area (Å²) >= 11 is 3.62. The second-order valence-corrected chi connectivity index (χ2v) is 7.94. The van der Waals surface area contributed by atoms with E-state index < -0.39 is 0 Å². The van der Waals surface area contributed by atoms with Crippen LogP contribution in [0.25, 0.3) is 0 Å². The van der Waals surface area contributed by atoms with Gasteiger partial charge in [-0.1, -0.05) is 27.7 Å². The largest absolute Gasteiger partial charge is 0.271 e. The fourth-order valence-electron chi connectivity index (χ4n) is 2.96. The number of hydrogen-bond acceptors (Lipinski definition) is 3.